The zero-order valence-corrected chi connectivity index (χ0v) is 11.1. The lowest BCUT2D eigenvalue weighted by atomic mass is 10.4. The molecule has 0 aromatic rings. The van der Waals surface area contributed by atoms with E-state index in [4.69, 9.17) is 18.9 Å². The zero-order valence-electron chi connectivity index (χ0n) is 11.1. The summed E-state index contributed by atoms with van der Waals surface area (Å²) < 4.78 is 21.1. The SMILES string of the molecule is CCOC(=O)C[NH+]1CCOCCOCCOCC1. The number of ether oxygens (including phenoxy) is 4. The number of esters is 1. The molecule has 106 valence electrons. The van der Waals surface area contributed by atoms with Gasteiger partial charge in [-0.2, -0.15) is 0 Å². The summed E-state index contributed by atoms with van der Waals surface area (Å²) in [5.41, 5.74) is 0. The molecule has 1 heterocycles. The first kappa shape index (κ1) is 15.4. The number of hydrogen-bond donors (Lipinski definition) is 1. The van der Waals surface area contributed by atoms with Gasteiger partial charge in [-0.1, -0.05) is 0 Å². The quantitative estimate of drug-likeness (QED) is 0.627. The van der Waals surface area contributed by atoms with Crippen LogP contribution >= 0.6 is 0 Å². The average molecular weight is 262 g/mol. The van der Waals surface area contributed by atoms with Crippen molar-refractivity contribution in [3.63, 3.8) is 0 Å². The van der Waals surface area contributed by atoms with Crippen LogP contribution in [-0.2, 0) is 23.7 Å². The maximum atomic E-state index is 11.4. The monoisotopic (exact) mass is 262 g/mol. The summed E-state index contributed by atoms with van der Waals surface area (Å²) in [5, 5.41) is 0. The fourth-order valence-corrected chi connectivity index (χ4v) is 1.69. The maximum absolute atomic E-state index is 11.4. The van der Waals surface area contributed by atoms with E-state index in [1.165, 1.54) is 0 Å². The largest absolute Gasteiger partial charge is 0.462 e. The summed E-state index contributed by atoms with van der Waals surface area (Å²) in [7, 11) is 0. The lowest BCUT2D eigenvalue weighted by molar-refractivity contribution is -0.893. The molecular weight excluding hydrogens is 238 g/mol. The van der Waals surface area contributed by atoms with Crippen LogP contribution in [0.4, 0.5) is 0 Å². The number of nitrogens with one attached hydrogen (secondary N) is 1. The second-order valence-electron chi connectivity index (χ2n) is 4.07. The predicted octanol–water partition coefficient (Wildman–Crippen LogP) is -1.50. The molecule has 0 aromatic carbocycles. The molecule has 0 atom stereocenters. The Morgan fingerprint density at radius 2 is 1.50 bits per heavy atom. The first-order chi connectivity index (χ1) is 8.83. The van der Waals surface area contributed by atoms with Crippen molar-refractivity contribution in [2.75, 3.05) is 65.9 Å². The van der Waals surface area contributed by atoms with E-state index in [1.807, 2.05) is 6.92 Å². The number of quaternary nitrogens is 1. The molecule has 0 saturated carbocycles. The second-order valence-corrected chi connectivity index (χ2v) is 4.07. The van der Waals surface area contributed by atoms with Crippen molar-refractivity contribution in [1.29, 1.82) is 0 Å². The van der Waals surface area contributed by atoms with E-state index in [0.29, 0.717) is 52.8 Å². The third-order valence-electron chi connectivity index (χ3n) is 2.64. The van der Waals surface area contributed by atoms with Crippen LogP contribution in [0.25, 0.3) is 0 Å². The highest BCUT2D eigenvalue weighted by Crippen LogP contribution is 1.82. The van der Waals surface area contributed by atoms with Gasteiger partial charge in [-0.15, -0.1) is 0 Å². The molecule has 1 rings (SSSR count). The molecule has 0 aromatic heterocycles. The molecule has 0 bridgehead atoms. The molecule has 0 spiro atoms. The third kappa shape index (κ3) is 7.60. The Balaban J connectivity index is 2.29. The van der Waals surface area contributed by atoms with E-state index < -0.39 is 0 Å². The normalized spacial score (nSPS) is 20.7. The zero-order chi connectivity index (χ0) is 13.1. The molecule has 18 heavy (non-hydrogen) atoms. The molecule has 6 nitrogen and oxygen atoms in total. The van der Waals surface area contributed by atoms with Crippen LogP contribution in [0.5, 0.6) is 0 Å². The maximum Gasteiger partial charge on any atom is 0.361 e. The summed E-state index contributed by atoms with van der Waals surface area (Å²) in [6, 6.07) is 0. The van der Waals surface area contributed by atoms with Gasteiger partial charge in [-0.05, 0) is 6.92 Å². The number of hydrogen-bond acceptors (Lipinski definition) is 5. The number of carbonyl (C=O) groups is 1. The molecule has 0 aliphatic carbocycles. The first-order valence-electron chi connectivity index (χ1n) is 6.55. The van der Waals surface area contributed by atoms with E-state index in [1.54, 1.807) is 0 Å². The number of rotatable bonds is 3. The Kier molecular flexibility index (Phi) is 8.75. The summed E-state index contributed by atoms with van der Waals surface area (Å²) in [5.74, 6) is -0.164. The minimum atomic E-state index is -0.164. The van der Waals surface area contributed by atoms with Gasteiger partial charge in [0.25, 0.3) is 0 Å². The summed E-state index contributed by atoms with van der Waals surface area (Å²) in [6.07, 6.45) is 0. The molecule has 6 heteroatoms. The van der Waals surface area contributed by atoms with Gasteiger partial charge in [0.1, 0.15) is 13.1 Å². The number of carbonyl (C=O) groups excluding carboxylic acids is 1. The summed E-state index contributed by atoms with van der Waals surface area (Å²) in [4.78, 5) is 12.6. The van der Waals surface area contributed by atoms with E-state index in [2.05, 4.69) is 0 Å². The van der Waals surface area contributed by atoms with Crippen LogP contribution in [0.15, 0.2) is 0 Å². The van der Waals surface area contributed by atoms with Gasteiger partial charge >= 0.3 is 5.97 Å². The minimum absolute atomic E-state index is 0.164. The smallest absolute Gasteiger partial charge is 0.361 e. The van der Waals surface area contributed by atoms with Crippen molar-refractivity contribution < 1.29 is 28.6 Å². The van der Waals surface area contributed by atoms with Crippen molar-refractivity contribution in [2.45, 2.75) is 6.92 Å². The van der Waals surface area contributed by atoms with E-state index >= 15 is 0 Å². The third-order valence-corrected chi connectivity index (χ3v) is 2.64. The molecule has 1 saturated heterocycles. The highest BCUT2D eigenvalue weighted by molar-refractivity contribution is 5.70. The van der Waals surface area contributed by atoms with E-state index in [0.717, 1.165) is 18.0 Å². The van der Waals surface area contributed by atoms with Crippen molar-refractivity contribution >= 4 is 5.97 Å². The van der Waals surface area contributed by atoms with Gasteiger partial charge in [-0.25, -0.2) is 4.79 Å². The van der Waals surface area contributed by atoms with Crippen molar-refractivity contribution in [3.05, 3.63) is 0 Å². The van der Waals surface area contributed by atoms with Crippen LogP contribution in [0.3, 0.4) is 0 Å². The Hall–Kier alpha value is -0.690. The standard InChI is InChI=1S/C12H23NO5/c1-2-18-12(14)11-13-3-5-15-7-9-17-10-8-16-6-4-13/h2-11H2,1H3/p+1. The van der Waals surface area contributed by atoms with Gasteiger partial charge in [0.2, 0.25) is 0 Å². The fourth-order valence-electron chi connectivity index (χ4n) is 1.69. The highest BCUT2D eigenvalue weighted by Gasteiger charge is 2.15. The highest BCUT2D eigenvalue weighted by atomic mass is 16.5. The van der Waals surface area contributed by atoms with Crippen LogP contribution in [0.2, 0.25) is 0 Å². The van der Waals surface area contributed by atoms with E-state index in [-0.39, 0.29) is 5.97 Å². The Morgan fingerprint density at radius 3 is 2.00 bits per heavy atom. The lowest BCUT2D eigenvalue weighted by Crippen LogP contribution is -3.14. The molecule has 1 N–H and O–H groups in total. The van der Waals surface area contributed by atoms with Crippen LogP contribution in [0, 0.1) is 0 Å². The van der Waals surface area contributed by atoms with Crippen molar-refractivity contribution in [3.8, 4) is 0 Å². The van der Waals surface area contributed by atoms with Gasteiger partial charge in [-0.3, -0.25) is 0 Å². The van der Waals surface area contributed by atoms with Crippen LogP contribution in [0.1, 0.15) is 6.92 Å². The molecule has 1 fully saturated rings. The first-order valence-corrected chi connectivity index (χ1v) is 6.55. The Labute approximate surface area is 108 Å². The summed E-state index contributed by atoms with van der Waals surface area (Å²) >= 11 is 0. The van der Waals surface area contributed by atoms with Crippen LogP contribution in [-0.4, -0.2) is 71.9 Å². The molecule has 1 aliphatic rings. The second kappa shape index (κ2) is 10.3. The average Bonchev–Trinajstić information content (AvgIpc) is 2.33. The van der Waals surface area contributed by atoms with Gasteiger partial charge < -0.3 is 23.8 Å². The Bertz CT molecular complexity index is 213. The minimum Gasteiger partial charge on any atom is -0.462 e. The van der Waals surface area contributed by atoms with Crippen molar-refractivity contribution in [1.82, 2.24) is 0 Å². The summed E-state index contributed by atoms with van der Waals surface area (Å²) in [6.45, 7) is 7.79. The van der Waals surface area contributed by atoms with Gasteiger partial charge in [0.15, 0.2) is 6.54 Å². The van der Waals surface area contributed by atoms with E-state index in [9.17, 15) is 4.79 Å². The predicted molar refractivity (Wildman–Crippen MR) is 64.7 cm³/mol. The Morgan fingerprint density at radius 1 is 1.00 bits per heavy atom. The van der Waals surface area contributed by atoms with Crippen molar-refractivity contribution in [2.24, 2.45) is 0 Å². The topological polar surface area (TPSA) is 58.4 Å². The van der Waals surface area contributed by atoms with Crippen LogP contribution < -0.4 is 4.90 Å². The van der Waals surface area contributed by atoms with Gasteiger partial charge in [0, 0.05) is 0 Å². The fraction of sp³-hybridized carbons (Fsp3) is 0.917. The molecule has 0 amide bonds. The molecule has 0 radical (unpaired) electrons. The van der Waals surface area contributed by atoms with Gasteiger partial charge in [0.05, 0.1) is 46.2 Å². The lowest BCUT2D eigenvalue weighted by Gasteiger charge is -2.19. The molecule has 0 unspecified atom stereocenters. The molecule has 1 aliphatic heterocycles. The molecular formula is C12H24NO5+.